The van der Waals surface area contributed by atoms with E-state index < -0.39 is 0 Å². The summed E-state index contributed by atoms with van der Waals surface area (Å²) in [4.78, 5) is 0. The van der Waals surface area contributed by atoms with E-state index >= 15 is 0 Å². The van der Waals surface area contributed by atoms with E-state index in [1.165, 1.54) is 12.0 Å². The molecule has 0 bridgehead atoms. The fourth-order valence-electron chi connectivity index (χ4n) is 1.84. The summed E-state index contributed by atoms with van der Waals surface area (Å²) >= 11 is 2.39. The van der Waals surface area contributed by atoms with Gasteiger partial charge in [-0.15, -0.1) is 0 Å². The zero-order chi connectivity index (χ0) is 11.2. The molecule has 1 aliphatic heterocycles. The maximum atomic E-state index is 5.82. The third kappa shape index (κ3) is 3.63. The summed E-state index contributed by atoms with van der Waals surface area (Å²) in [5.74, 6) is 0.939. The van der Waals surface area contributed by atoms with Crippen LogP contribution in [-0.2, 0) is 11.2 Å². The molecule has 2 nitrogen and oxygen atoms in total. The van der Waals surface area contributed by atoms with Gasteiger partial charge in [-0.05, 0) is 37.0 Å². The van der Waals surface area contributed by atoms with Crippen molar-refractivity contribution in [2.24, 2.45) is 0 Å². The number of aryl methyl sites for hydroxylation is 1. The van der Waals surface area contributed by atoms with Crippen LogP contribution in [-0.4, -0.2) is 17.3 Å². The lowest BCUT2D eigenvalue weighted by molar-refractivity contribution is -0.105. The number of ether oxygens (including phenoxy) is 2. The normalized spacial score (nSPS) is 20.7. The molecule has 0 aliphatic carbocycles. The Morgan fingerprint density at radius 3 is 3.06 bits per heavy atom. The van der Waals surface area contributed by atoms with E-state index in [0.29, 0.717) is 0 Å². The second kappa shape index (κ2) is 6.45. The Balaban J connectivity index is 1.94. The molecule has 16 heavy (non-hydrogen) atoms. The van der Waals surface area contributed by atoms with Crippen molar-refractivity contribution in [3.8, 4) is 5.75 Å². The standard InChI is InChI=1S/C13H17IO2/c14-8-7-11-4-3-5-12(10-11)16-13-6-1-2-9-15-13/h3-5,10,13H,1-2,6-9H2. The van der Waals surface area contributed by atoms with Crippen LogP contribution < -0.4 is 4.74 Å². The number of halogens is 1. The minimum atomic E-state index is -0.0383. The summed E-state index contributed by atoms with van der Waals surface area (Å²) in [6.45, 7) is 0.831. The molecule has 1 heterocycles. The van der Waals surface area contributed by atoms with Gasteiger partial charge in [0, 0.05) is 10.8 Å². The van der Waals surface area contributed by atoms with Gasteiger partial charge in [-0.3, -0.25) is 0 Å². The van der Waals surface area contributed by atoms with Crippen molar-refractivity contribution in [3.63, 3.8) is 0 Å². The molecule has 0 radical (unpaired) electrons. The summed E-state index contributed by atoms with van der Waals surface area (Å²) in [5, 5.41) is 0. The van der Waals surface area contributed by atoms with Gasteiger partial charge in [-0.2, -0.15) is 0 Å². The lowest BCUT2D eigenvalue weighted by atomic mass is 10.1. The number of hydrogen-bond acceptors (Lipinski definition) is 2. The van der Waals surface area contributed by atoms with E-state index in [2.05, 4.69) is 40.8 Å². The molecular formula is C13H17IO2. The smallest absolute Gasteiger partial charge is 0.199 e. The van der Waals surface area contributed by atoms with Gasteiger partial charge < -0.3 is 9.47 Å². The Hall–Kier alpha value is -0.290. The first-order valence-electron chi connectivity index (χ1n) is 5.81. The molecule has 1 aromatic rings. The van der Waals surface area contributed by atoms with Crippen LogP contribution in [0.5, 0.6) is 5.75 Å². The minimum Gasteiger partial charge on any atom is -0.465 e. The Kier molecular flexibility index (Phi) is 4.91. The van der Waals surface area contributed by atoms with Crippen LogP contribution in [0.25, 0.3) is 0 Å². The largest absolute Gasteiger partial charge is 0.465 e. The summed E-state index contributed by atoms with van der Waals surface area (Å²) in [6, 6.07) is 8.33. The Labute approximate surface area is 110 Å². The van der Waals surface area contributed by atoms with Crippen LogP contribution in [0.2, 0.25) is 0 Å². The topological polar surface area (TPSA) is 18.5 Å². The van der Waals surface area contributed by atoms with Crippen LogP contribution in [0.15, 0.2) is 24.3 Å². The zero-order valence-electron chi connectivity index (χ0n) is 9.32. The number of hydrogen-bond donors (Lipinski definition) is 0. The number of rotatable bonds is 4. The average Bonchev–Trinajstić information content (AvgIpc) is 2.31. The minimum absolute atomic E-state index is 0.0383. The lowest BCUT2D eigenvalue weighted by Gasteiger charge is -2.23. The predicted octanol–water partition coefficient (Wildman–Crippen LogP) is 3.57. The van der Waals surface area contributed by atoms with E-state index in [1.807, 2.05) is 6.07 Å². The molecule has 0 N–H and O–H groups in total. The highest BCUT2D eigenvalue weighted by Gasteiger charge is 2.14. The first kappa shape index (κ1) is 12.2. The van der Waals surface area contributed by atoms with Crippen LogP contribution in [0.1, 0.15) is 24.8 Å². The lowest BCUT2D eigenvalue weighted by Crippen LogP contribution is -2.24. The number of alkyl halides is 1. The van der Waals surface area contributed by atoms with E-state index in [4.69, 9.17) is 9.47 Å². The zero-order valence-corrected chi connectivity index (χ0v) is 11.5. The summed E-state index contributed by atoms with van der Waals surface area (Å²) < 4.78 is 12.5. The molecule has 0 amide bonds. The van der Waals surface area contributed by atoms with Gasteiger partial charge >= 0.3 is 0 Å². The predicted molar refractivity (Wildman–Crippen MR) is 73.3 cm³/mol. The summed E-state index contributed by atoms with van der Waals surface area (Å²) in [5.41, 5.74) is 1.34. The van der Waals surface area contributed by atoms with Crippen molar-refractivity contribution in [1.29, 1.82) is 0 Å². The maximum absolute atomic E-state index is 5.82. The van der Waals surface area contributed by atoms with Gasteiger partial charge in [0.1, 0.15) is 5.75 Å². The van der Waals surface area contributed by atoms with Crippen molar-refractivity contribution in [2.45, 2.75) is 32.0 Å². The van der Waals surface area contributed by atoms with Gasteiger partial charge in [0.25, 0.3) is 0 Å². The Bertz CT molecular complexity index is 321. The van der Waals surface area contributed by atoms with Crippen molar-refractivity contribution < 1.29 is 9.47 Å². The van der Waals surface area contributed by atoms with Crippen molar-refractivity contribution in [3.05, 3.63) is 29.8 Å². The average molecular weight is 332 g/mol. The van der Waals surface area contributed by atoms with Crippen molar-refractivity contribution in [1.82, 2.24) is 0 Å². The maximum Gasteiger partial charge on any atom is 0.199 e. The van der Waals surface area contributed by atoms with Crippen LogP contribution >= 0.6 is 22.6 Å². The Morgan fingerprint density at radius 1 is 1.38 bits per heavy atom. The first-order valence-corrected chi connectivity index (χ1v) is 7.34. The van der Waals surface area contributed by atoms with Crippen molar-refractivity contribution in [2.75, 3.05) is 11.0 Å². The van der Waals surface area contributed by atoms with E-state index in [1.54, 1.807) is 0 Å². The molecular weight excluding hydrogens is 315 g/mol. The Morgan fingerprint density at radius 2 is 2.31 bits per heavy atom. The molecule has 1 unspecified atom stereocenters. The molecule has 0 spiro atoms. The van der Waals surface area contributed by atoms with Gasteiger partial charge in [-0.1, -0.05) is 34.7 Å². The number of benzene rings is 1. The first-order chi connectivity index (χ1) is 7.88. The second-order valence-electron chi connectivity index (χ2n) is 4.00. The SMILES string of the molecule is ICCc1cccc(OC2CCCCO2)c1. The highest BCUT2D eigenvalue weighted by Crippen LogP contribution is 2.20. The fourth-order valence-corrected chi connectivity index (χ4v) is 2.46. The molecule has 1 saturated heterocycles. The van der Waals surface area contributed by atoms with Crippen molar-refractivity contribution >= 4 is 22.6 Å². The molecule has 88 valence electrons. The molecule has 1 atom stereocenters. The fraction of sp³-hybridized carbons (Fsp3) is 0.538. The second-order valence-corrected chi connectivity index (χ2v) is 5.08. The van der Waals surface area contributed by atoms with Gasteiger partial charge in [-0.25, -0.2) is 0 Å². The molecule has 1 aromatic carbocycles. The molecule has 0 saturated carbocycles. The highest BCUT2D eigenvalue weighted by atomic mass is 127. The quantitative estimate of drug-likeness (QED) is 0.620. The summed E-state index contributed by atoms with van der Waals surface area (Å²) in [7, 11) is 0. The molecule has 1 aliphatic rings. The van der Waals surface area contributed by atoms with E-state index in [-0.39, 0.29) is 6.29 Å². The molecule has 3 heteroatoms. The summed E-state index contributed by atoms with van der Waals surface area (Å²) in [6.07, 6.45) is 4.44. The third-order valence-corrected chi connectivity index (χ3v) is 3.23. The highest BCUT2D eigenvalue weighted by molar-refractivity contribution is 14.1. The van der Waals surface area contributed by atoms with Gasteiger partial charge in [0.15, 0.2) is 6.29 Å². The van der Waals surface area contributed by atoms with E-state index in [0.717, 1.165) is 36.0 Å². The third-order valence-electron chi connectivity index (χ3n) is 2.69. The molecule has 0 aromatic heterocycles. The van der Waals surface area contributed by atoms with Gasteiger partial charge in [0.2, 0.25) is 0 Å². The van der Waals surface area contributed by atoms with Crippen LogP contribution in [0, 0.1) is 0 Å². The van der Waals surface area contributed by atoms with Crippen LogP contribution in [0.4, 0.5) is 0 Å². The van der Waals surface area contributed by atoms with Crippen LogP contribution in [0.3, 0.4) is 0 Å². The molecule has 2 rings (SSSR count). The monoisotopic (exact) mass is 332 g/mol. The molecule has 1 fully saturated rings. The van der Waals surface area contributed by atoms with Gasteiger partial charge in [0.05, 0.1) is 6.61 Å². The van der Waals surface area contributed by atoms with E-state index in [9.17, 15) is 0 Å².